The van der Waals surface area contributed by atoms with Gasteiger partial charge >= 0.3 is 11.9 Å². The van der Waals surface area contributed by atoms with Crippen LogP contribution in [0, 0.1) is 23.7 Å². The van der Waals surface area contributed by atoms with E-state index in [9.17, 15) is 9.59 Å². The maximum Gasteiger partial charge on any atom is 0.339 e. The van der Waals surface area contributed by atoms with Crippen LogP contribution in [0.25, 0.3) is 0 Å². The van der Waals surface area contributed by atoms with Crippen LogP contribution in [0.3, 0.4) is 0 Å². The fourth-order valence-corrected chi connectivity index (χ4v) is 1.26. The third-order valence-electron chi connectivity index (χ3n) is 2.26. The zero-order chi connectivity index (χ0) is 14.8. The van der Waals surface area contributed by atoms with E-state index in [-0.39, 0.29) is 13.2 Å². The molecule has 0 amide bonds. The molecule has 1 aromatic carbocycles. The van der Waals surface area contributed by atoms with E-state index in [4.69, 9.17) is 9.47 Å². The summed E-state index contributed by atoms with van der Waals surface area (Å²) < 4.78 is 9.80. The molecule has 0 aliphatic rings. The molecule has 0 fully saturated rings. The number of rotatable bonds is 4. The van der Waals surface area contributed by atoms with Crippen LogP contribution in [0.1, 0.15) is 34.6 Å². The molecule has 0 atom stereocenters. The molecule has 4 nitrogen and oxygen atoms in total. The van der Waals surface area contributed by atoms with E-state index in [1.165, 1.54) is 24.3 Å². The van der Waals surface area contributed by atoms with Gasteiger partial charge < -0.3 is 9.47 Å². The zero-order valence-corrected chi connectivity index (χ0v) is 11.4. The Morgan fingerprint density at radius 1 is 0.850 bits per heavy atom. The second-order valence-corrected chi connectivity index (χ2v) is 3.58. The second-order valence-electron chi connectivity index (χ2n) is 3.58. The van der Waals surface area contributed by atoms with Gasteiger partial charge in [0.25, 0.3) is 0 Å². The van der Waals surface area contributed by atoms with E-state index in [2.05, 4.69) is 23.7 Å². The van der Waals surface area contributed by atoms with Gasteiger partial charge in [0.15, 0.2) is 13.2 Å². The van der Waals surface area contributed by atoms with Crippen molar-refractivity contribution in [3.63, 3.8) is 0 Å². The van der Waals surface area contributed by atoms with E-state index < -0.39 is 11.9 Å². The third-order valence-corrected chi connectivity index (χ3v) is 2.26. The quantitative estimate of drug-likeness (QED) is 0.620. The number of hydrogen-bond donors (Lipinski definition) is 0. The van der Waals surface area contributed by atoms with Crippen molar-refractivity contribution >= 4 is 11.9 Å². The highest BCUT2D eigenvalue weighted by molar-refractivity contribution is 5.93. The number of hydrogen-bond acceptors (Lipinski definition) is 4. The lowest BCUT2D eigenvalue weighted by molar-refractivity contribution is 0.0542. The predicted molar refractivity (Wildman–Crippen MR) is 73.9 cm³/mol. The number of benzene rings is 1. The molecule has 0 N–H and O–H groups in total. The molecular formula is C16H14O4. The van der Waals surface area contributed by atoms with Gasteiger partial charge in [0.1, 0.15) is 0 Å². The first kappa shape index (κ1) is 15.3. The van der Waals surface area contributed by atoms with E-state index in [0.717, 1.165) is 0 Å². The maximum absolute atomic E-state index is 11.6. The van der Waals surface area contributed by atoms with Crippen molar-refractivity contribution < 1.29 is 19.1 Å². The molecule has 0 heterocycles. The normalized spacial score (nSPS) is 8.50. The smallest absolute Gasteiger partial charge is 0.339 e. The summed E-state index contributed by atoms with van der Waals surface area (Å²) in [5, 5.41) is 0. The second kappa shape index (κ2) is 8.39. The molecule has 0 saturated heterocycles. The van der Waals surface area contributed by atoms with Gasteiger partial charge in [0, 0.05) is 0 Å². The summed E-state index contributed by atoms with van der Waals surface area (Å²) in [6, 6.07) is 6.02. The van der Waals surface area contributed by atoms with Gasteiger partial charge in [-0.3, -0.25) is 0 Å². The van der Waals surface area contributed by atoms with Crippen LogP contribution in [-0.2, 0) is 9.47 Å². The van der Waals surface area contributed by atoms with Gasteiger partial charge in [0.05, 0.1) is 11.1 Å². The summed E-state index contributed by atoms with van der Waals surface area (Å²) in [6.45, 7) is 3.43. The van der Waals surface area contributed by atoms with E-state index in [1.807, 2.05) is 0 Å². The van der Waals surface area contributed by atoms with Gasteiger partial charge in [0.2, 0.25) is 0 Å². The Morgan fingerprint density at radius 2 is 1.20 bits per heavy atom. The maximum atomic E-state index is 11.6. The van der Waals surface area contributed by atoms with Crippen molar-refractivity contribution in [3.05, 3.63) is 35.4 Å². The summed E-state index contributed by atoms with van der Waals surface area (Å²) in [5.74, 6) is 9.54. The topological polar surface area (TPSA) is 52.6 Å². The lowest BCUT2D eigenvalue weighted by Gasteiger charge is -2.03. The standard InChI is InChI=1S/C16H14O4/c1-3-5-11-19-15(17)13-7-9-14(10-8-13)16(18)20-12-6-4-2/h7-10H,11-12H2,1-2H3. The van der Waals surface area contributed by atoms with Crippen molar-refractivity contribution in [1.82, 2.24) is 0 Å². The zero-order valence-electron chi connectivity index (χ0n) is 11.4. The number of carbonyl (C=O) groups excluding carboxylic acids is 2. The van der Waals surface area contributed by atoms with Gasteiger partial charge in [-0.2, -0.15) is 0 Å². The van der Waals surface area contributed by atoms with Crippen molar-refractivity contribution in [2.75, 3.05) is 13.2 Å². The monoisotopic (exact) mass is 270 g/mol. The van der Waals surface area contributed by atoms with Crippen LogP contribution in [-0.4, -0.2) is 25.2 Å². The first-order valence-corrected chi connectivity index (χ1v) is 5.92. The minimum absolute atomic E-state index is 0.0504. The van der Waals surface area contributed by atoms with E-state index in [0.29, 0.717) is 11.1 Å². The molecule has 0 aliphatic carbocycles. The molecule has 1 rings (SSSR count). The molecule has 4 heteroatoms. The molecular weight excluding hydrogens is 256 g/mol. The summed E-state index contributed by atoms with van der Waals surface area (Å²) in [6.07, 6.45) is 0. The molecule has 0 unspecified atom stereocenters. The Kier molecular flexibility index (Phi) is 6.44. The van der Waals surface area contributed by atoms with Crippen LogP contribution in [0.2, 0.25) is 0 Å². The Morgan fingerprint density at radius 3 is 1.50 bits per heavy atom. The minimum Gasteiger partial charge on any atom is -0.449 e. The number of ether oxygens (including phenoxy) is 2. The molecule has 20 heavy (non-hydrogen) atoms. The van der Waals surface area contributed by atoms with Crippen molar-refractivity contribution in [3.8, 4) is 23.7 Å². The average Bonchev–Trinajstić information content (AvgIpc) is 2.47. The van der Waals surface area contributed by atoms with Crippen LogP contribution in [0.4, 0.5) is 0 Å². The number of carbonyl (C=O) groups is 2. The summed E-state index contributed by atoms with van der Waals surface area (Å²) in [7, 11) is 0. The van der Waals surface area contributed by atoms with Gasteiger partial charge in [-0.25, -0.2) is 9.59 Å². The third kappa shape index (κ3) is 4.88. The molecule has 0 aliphatic heterocycles. The van der Waals surface area contributed by atoms with Crippen molar-refractivity contribution in [2.24, 2.45) is 0 Å². The Balaban J connectivity index is 2.62. The Hall–Kier alpha value is -2.72. The fourth-order valence-electron chi connectivity index (χ4n) is 1.26. The van der Waals surface area contributed by atoms with Crippen LogP contribution < -0.4 is 0 Å². The summed E-state index contributed by atoms with van der Waals surface area (Å²) >= 11 is 0. The molecule has 0 radical (unpaired) electrons. The predicted octanol–water partition coefficient (Wildman–Crippen LogP) is 2.05. The molecule has 0 bridgehead atoms. The van der Waals surface area contributed by atoms with Crippen LogP contribution in [0.5, 0.6) is 0 Å². The van der Waals surface area contributed by atoms with Gasteiger partial charge in [-0.1, -0.05) is 11.8 Å². The molecule has 0 aromatic heterocycles. The molecule has 102 valence electrons. The molecule has 1 aromatic rings. The van der Waals surface area contributed by atoms with Crippen molar-refractivity contribution in [1.29, 1.82) is 0 Å². The summed E-state index contributed by atoms with van der Waals surface area (Å²) in [4.78, 5) is 23.2. The summed E-state index contributed by atoms with van der Waals surface area (Å²) in [5.41, 5.74) is 0.709. The highest BCUT2D eigenvalue weighted by Crippen LogP contribution is 2.07. The average molecular weight is 270 g/mol. The lowest BCUT2D eigenvalue weighted by Crippen LogP contribution is -2.08. The highest BCUT2D eigenvalue weighted by Gasteiger charge is 2.10. The van der Waals surface area contributed by atoms with Gasteiger partial charge in [-0.15, -0.1) is 11.8 Å². The first-order chi connectivity index (χ1) is 9.69. The van der Waals surface area contributed by atoms with E-state index >= 15 is 0 Å². The Labute approximate surface area is 118 Å². The van der Waals surface area contributed by atoms with Crippen molar-refractivity contribution in [2.45, 2.75) is 13.8 Å². The lowest BCUT2D eigenvalue weighted by atomic mass is 10.1. The largest absolute Gasteiger partial charge is 0.449 e. The SMILES string of the molecule is CC#CCOC(=O)c1ccc(C(=O)OCC#CC)cc1. The number of esters is 2. The first-order valence-electron chi connectivity index (χ1n) is 5.92. The molecule has 0 spiro atoms. The fraction of sp³-hybridized carbons (Fsp3) is 0.250. The van der Waals surface area contributed by atoms with E-state index in [1.54, 1.807) is 13.8 Å². The molecule has 0 saturated carbocycles. The van der Waals surface area contributed by atoms with Crippen LogP contribution in [0.15, 0.2) is 24.3 Å². The van der Waals surface area contributed by atoms with Crippen LogP contribution >= 0.6 is 0 Å². The Bertz CT molecular complexity index is 536. The highest BCUT2D eigenvalue weighted by atomic mass is 16.5. The van der Waals surface area contributed by atoms with Gasteiger partial charge in [-0.05, 0) is 38.1 Å². The minimum atomic E-state index is -0.482.